The second-order valence-corrected chi connectivity index (χ2v) is 6.59. The third-order valence-corrected chi connectivity index (χ3v) is 4.61. The quantitative estimate of drug-likeness (QED) is 0.427. The maximum atomic E-state index is 12.0. The van der Waals surface area contributed by atoms with Crippen LogP contribution in [0.4, 0.5) is 0 Å². The molecule has 0 aliphatic carbocycles. The molecule has 0 N–H and O–H groups in total. The van der Waals surface area contributed by atoms with Crippen LogP contribution in [0.25, 0.3) is 0 Å². The Morgan fingerprint density at radius 3 is 2.44 bits per heavy atom. The summed E-state index contributed by atoms with van der Waals surface area (Å²) < 4.78 is 8.47. The number of esters is 1. The fourth-order valence-electron chi connectivity index (χ4n) is 2.75. The lowest BCUT2D eigenvalue weighted by Crippen LogP contribution is -2.18. The smallest absolute Gasteiger partial charge is 0.341 e. The van der Waals surface area contributed by atoms with Crippen molar-refractivity contribution in [3.63, 3.8) is 0 Å². The second-order valence-electron chi connectivity index (χ2n) is 6.02. The highest BCUT2D eigenvalue weighted by Crippen LogP contribution is 2.14. The molecule has 0 radical (unpaired) electrons. The van der Waals surface area contributed by atoms with E-state index in [1.807, 2.05) is 30.3 Å². The van der Waals surface area contributed by atoms with Crippen LogP contribution in [0.15, 0.2) is 59.7 Å². The summed E-state index contributed by atoms with van der Waals surface area (Å²) in [4.78, 5) is 23.8. The Morgan fingerprint density at radius 1 is 1.11 bits per heavy atom. The van der Waals surface area contributed by atoms with Gasteiger partial charge < -0.3 is 9.30 Å². The summed E-state index contributed by atoms with van der Waals surface area (Å²) in [6, 6.07) is 13.1. The number of carbonyl (C=O) groups is 1. The van der Waals surface area contributed by atoms with E-state index in [1.165, 1.54) is 0 Å². The van der Waals surface area contributed by atoms with Gasteiger partial charge in [0.2, 0.25) is 0 Å². The first-order chi connectivity index (χ1) is 13.1. The monoisotopic (exact) mass is 429 g/mol. The molecule has 0 fully saturated rings. The van der Waals surface area contributed by atoms with E-state index >= 15 is 0 Å². The predicted molar refractivity (Wildman–Crippen MR) is 106 cm³/mol. The molecule has 6 nitrogen and oxygen atoms in total. The van der Waals surface area contributed by atoms with E-state index in [1.54, 1.807) is 40.7 Å². The van der Waals surface area contributed by atoms with Crippen molar-refractivity contribution in [2.75, 3.05) is 6.61 Å². The van der Waals surface area contributed by atoms with E-state index < -0.39 is 0 Å². The molecule has 0 bridgehead atoms. The van der Waals surface area contributed by atoms with E-state index in [0.717, 1.165) is 11.1 Å². The van der Waals surface area contributed by atoms with Crippen LogP contribution in [0, 0.1) is 0 Å². The van der Waals surface area contributed by atoms with Crippen LogP contribution >= 0.6 is 15.9 Å². The SMILES string of the molecule is CCOC(=O)c1cn(Cc2ccc(Cn3ccccc3=O)cc2)nc1CBr. The molecule has 0 atom stereocenters. The maximum absolute atomic E-state index is 12.0. The second kappa shape index (κ2) is 8.81. The van der Waals surface area contributed by atoms with Crippen LogP contribution < -0.4 is 5.56 Å². The van der Waals surface area contributed by atoms with Gasteiger partial charge in [0, 0.05) is 23.8 Å². The third kappa shape index (κ3) is 4.74. The van der Waals surface area contributed by atoms with Gasteiger partial charge in [-0.25, -0.2) is 4.79 Å². The molecule has 1 aromatic carbocycles. The van der Waals surface area contributed by atoms with Gasteiger partial charge >= 0.3 is 5.97 Å². The number of hydrogen-bond donors (Lipinski definition) is 0. The van der Waals surface area contributed by atoms with Crippen LogP contribution in [0.5, 0.6) is 0 Å². The van der Waals surface area contributed by atoms with Crippen LogP contribution in [-0.4, -0.2) is 26.9 Å². The molecular weight excluding hydrogens is 410 g/mol. The van der Waals surface area contributed by atoms with Crippen molar-refractivity contribution in [1.82, 2.24) is 14.3 Å². The number of nitrogens with zero attached hydrogens (tertiary/aromatic N) is 3. The van der Waals surface area contributed by atoms with E-state index in [4.69, 9.17) is 4.74 Å². The zero-order valence-corrected chi connectivity index (χ0v) is 16.6. The number of aromatic nitrogens is 3. The Balaban J connectivity index is 1.72. The summed E-state index contributed by atoms with van der Waals surface area (Å²) in [6.45, 7) is 3.19. The normalized spacial score (nSPS) is 10.7. The van der Waals surface area contributed by atoms with Crippen LogP contribution in [0.2, 0.25) is 0 Å². The number of hydrogen-bond acceptors (Lipinski definition) is 4. The maximum Gasteiger partial charge on any atom is 0.341 e. The molecule has 2 heterocycles. The highest BCUT2D eigenvalue weighted by molar-refractivity contribution is 9.08. The molecule has 0 saturated carbocycles. The van der Waals surface area contributed by atoms with Crippen molar-refractivity contribution in [2.24, 2.45) is 0 Å². The third-order valence-electron chi connectivity index (χ3n) is 4.08. The fourth-order valence-corrected chi connectivity index (χ4v) is 3.16. The van der Waals surface area contributed by atoms with Crippen molar-refractivity contribution in [1.29, 1.82) is 0 Å². The number of pyridine rings is 1. The van der Waals surface area contributed by atoms with E-state index in [-0.39, 0.29) is 11.5 Å². The average Bonchev–Trinajstić information content (AvgIpc) is 3.08. The standard InChI is InChI=1S/C20H20BrN3O3/c1-2-27-20(26)17-14-24(22-18(17)11-21)13-16-8-6-15(7-9-16)12-23-10-4-3-5-19(23)25/h3-10,14H,2,11-13H2,1H3. The molecule has 0 amide bonds. The lowest BCUT2D eigenvalue weighted by molar-refractivity contribution is 0.0525. The van der Waals surface area contributed by atoms with Gasteiger partial charge in [-0.2, -0.15) is 5.10 Å². The fraction of sp³-hybridized carbons (Fsp3) is 0.250. The minimum atomic E-state index is -0.359. The van der Waals surface area contributed by atoms with Crippen molar-refractivity contribution >= 4 is 21.9 Å². The summed E-state index contributed by atoms with van der Waals surface area (Å²) in [5, 5.41) is 4.94. The van der Waals surface area contributed by atoms with E-state index in [9.17, 15) is 9.59 Å². The van der Waals surface area contributed by atoms with Crippen molar-refractivity contribution < 1.29 is 9.53 Å². The van der Waals surface area contributed by atoms with Crippen molar-refractivity contribution in [2.45, 2.75) is 25.3 Å². The molecule has 0 saturated heterocycles. The average molecular weight is 430 g/mol. The first-order valence-electron chi connectivity index (χ1n) is 8.63. The largest absolute Gasteiger partial charge is 0.462 e. The molecule has 3 rings (SSSR count). The molecular formula is C20H20BrN3O3. The Morgan fingerprint density at radius 2 is 1.81 bits per heavy atom. The topological polar surface area (TPSA) is 66.1 Å². The summed E-state index contributed by atoms with van der Waals surface area (Å²) in [5.74, 6) is -0.359. The molecule has 2 aromatic heterocycles. The van der Waals surface area contributed by atoms with Gasteiger partial charge in [-0.15, -0.1) is 0 Å². The van der Waals surface area contributed by atoms with Crippen LogP contribution in [-0.2, 0) is 23.2 Å². The number of benzene rings is 1. The number of rotatable bonds is 7. The lowest BCUT2D eigenvalue weighted by Gasteiger charge is -2.07. The highest BCUT2D eigenvalue weighted by atomic mass is 79.9. The molecule has 140 valence electrons. The summed E-state index contributed by atoms with van der Waals surface area (Å²) in [6.07, 6.45) is 3.49. The van der Waals surface area contributed by atoms with Crippen LogP contribution in [0.1, 0.15) is 34.1 Å². The minimum absolute atomic E-state index is 0.0214. The van der Waals surface area contributed by atoms with Gasteiger partial charge in [-0.3, -0.25) is 9.48 Å². The minimum Gasteiger partial charge on any atom is -0.462 e. The summed E-state index contributed by atoms with van der Waals surface area (Å²) >= 11 is 3.36. The first-order valence-corrected chi connectivity index (χ1v) is 9.75. The van der Waals surface area contributed by atoms with Crippen LogP contribution in [0.3, 0.4) is 0 Å². The van der Waals surface area contributed by atoms with Crippen molar-refractivity contribution in [3.8, 4) is 0 Å². The number of alkyl halides is 1. The van der Waals surface area contributed by atoms with Gasteiger partial charge in [0.1, 0.15) is 5.56 Å². The molecule has 3 aromatic rings. The summed E-state index contributed by atoms with van der Waals surface area (Å²) in [7, 11) is 0. The van der Waals surface area contributed by atoms with E-state index in [0.29, 0.717) is 36.3 Å². The molecule has 27 heavy (non-hydrogen) atoms. The Bertz CT molecular complexity index is 977. The molecule has 7 heteroatoms. The van der Waals surface area contributed by atoms with Gasteiger partial charge in [0.15, 0.2) is 0 Å². The zero-order valence-electron chi connectivity index (χ0n) is 15.0. The number of ether oxygens (including phenoxy) is 1. The molecule has 0 aliphatic heterocycles. The Hall–Kier alpha value is -2.67. The Kier molecular flexibility index (Phi) is 6.24. The molecule has 0 spiro atoms. The van der Waals surface area contributed by atoms with Gasteiger partial charge in [-0.1, -0.05) is 46.3 Å². The Labute approximate surface area is 165 Å². The first kappa shape index (κ1) is 19.1. The predicted octanol–water partition coefficient (Wildman–Crippen LogP) is 3.21. The van der Waals surface area contributed by atoms with Gasteiger partial charge in [-0.05, 0) is 24.1 Å². The number of halogens is 1. The summed E-state index contributed by atoms with van der Waals surface area (Å²) in [5.41, 5.74) is 3.22. The molecule has 0 unspecified atom stereocenters. The van der Waals surface area contributed by atoms with E-state index in [2.05, 4.69) is 21.0 Å². The number of carbonyl (C=O) groups excluding carboxylic acids is 1. The zero-order chi connectivity index (χ0) is 19.2. The highest BCUT2D eigenvalue weighted by Gasteiger charge is 2.16. The van der Waals surface area contributed by atoms with Gasteiger partial charge in [0.05, 0.1) is 25.4 Å². The lowest BCUT2D eigenvalue weighted by atomic mass is 10.1. The molecule has 0 aliphatic rings. The van der Waals surface area contributed by atoms with Gasteiger partial charge in [0.25, 0.3) is 5.56 Å². The van der Waals surface area contributed by atoms with Crippen molar-refractivity contribution in [3.05, 3.63) is 87.6 Å².